The van der Waals surface area contributed by atoms with Gasteiger partial charge in [-0.1, -0.05) is 6.92 Å². The standard InChI is InChI=1S/C19H18F3N3O2/c1-11-5-8-25(9-6-11)19(27)12-4-7-23-15(10-12)18(26)24-14-3-2-13(20)16(21)17(14)22/h2-4,7,10-11H,5-6,8-9H2,1H3,(H,24,26). The number of carbonyl (C=O) groups excluding carboxylic acids is 2. The smallest absolute Gasteiger partial charge is 0.274 e. The van der Waals surface area contributed by atoms with Gasteiger partial charge in [-0.2, -0.15) is 0 Å². The van der Waals surface area contributed by atoms with Crippen LogP contribution in [0.3, 0.4) is 0 Å². The molecule has 1 fully saturated rings. The first-order chi connectivity index (χ1) is 12.9. The highest BCUT2D eigenvalue weighted by molar-refractivity contribution is 6.04. The zero-order valence-corrected chi connectivity index (χ0v) is 14.6. The van der Waals surface area contributed by atoms with Crippen LogP contribution in [0.25, 0.3) is 0 Å². The Morgan fingerprint density at radius 2 is 1.81 bits per heavy atom. The van der Waals surface area contributed by atoms with Crippen molar-refractivity contribution in [3.8, 4) is 0 Å². The molecular weight excluding hydrogens is 359 g/mol. The van der Waals surface area contributed by atoms with Gasteiger partial charge in [-0.25, -0.2) is 13.2 Å². The molecule has 1 aliphatic heterocycles. The molecule has 1 N–H and O–H groups in total. The summed E-state index contributed by atoms with van der Waals surface area (Å²) in [5, 5.41) is 2.14. The number of amides is 2. The fraction of sp³-hybridized carbons (Fsp3) is 0.316. The molecule has 0 atom stereocenters. The maximum atomic E-state index is 13.7. The number of hydrogen-bond acceptors (Lipinski definition) is 3. The minimum atomic E-state index is -1.68. The normalized spacial score (nSPS) is 14.9. The summed E-state index contributed by atoms with van der Waals surface area (Å²) in [6, 6.07) is 4.41. The summed E-state index contributed by atoms with van der Waals surface area (Å²) in [6.45, 7) is 3.42. The third-order valence-electron chi connectivity index (χ3n) is 4.59. The minimum Gasteiger partial charge on any atom is -0.339 e. The third-order valence-corrected chi connectivity index (χ3v) is 4.59. The van der Waals surface area contributed by atoms with Gasteiger partial charge < -0.3 is 10.2 Å². The Labute approximate surface area is 154 Å². The van der Waals surface area contributed by atoms with E-state index in [2.05, 4.69) is 17.2 Å². The molecule has 2 heterocycles. The van der Waals surface area contributed by atoms with Crippen LogP contribution in [-0.2, 0) is 0 Å². The Hall–Kier alpha value is -2.90. The van der Waals surface area contributed by atoms with Crippen molar-refractivity contribution in [2.24, 2.45) is 5.92 Å². The number of halogens is 3. The van der Waals surface area contributed by atoms with E-state index in [-0.39, 0.29) is 17.2 Å². The summed E-state index contributed by atoms with van der Waals surface area (Å²) < 4.78 is 40.0. The van der Waals surface area contributed by atoms with Gasteiger partial charge in [-0.05, 0) is 43.0 Å². The second-order valence-electron chi connectivity index (χ2n) is 6.58. The van der Waals surface area contributed by atoms with Crippen LogP contribution in [-0.4, -0.2) is 34.8 Å². The Balaban J connectivity index is 1.76. The van der Waals surface area contributed by atoms with Gasteiger partial charge in [-0.15, -0.1) is 0 Å². The summed E-state index contributed by atoms with van der Waals surface area (Å²) in [4.78, 5) is 30.5. The number of benzene rings is 1. The molecule has 0 bridgehead atoms. The zero-order valence-electron chi connectivity index (χ0n) is 14.6. The van der Waals surface area contributed by atoms with Crippen molar-refractivity contribution in [3.63, 3.8) is 0 Å². The van der Waals surface area contributed by atoms with E-state index in [0.29, 0.717) is 25.1 Å². The van der Waals surface area contributed by atoms with Gasteiger partial charge in [0, 0.05) is 24.8 Å². The number of pyridine rings is 1. The fourth-order valence-electron chi connectivity index (χ4n) is 2.89. The average molecular weight is 377 g/mol. The van der Waals surface area contributed by atoms with Crippen molar-refractivity contribution < 1.29 is 22.8 Å². The lowest BCUT2D eigenvalue weighted by Crippen LogP contribution is -2.38. The molecule has 0 unspecified atom stereocenters. The number of piperidine rings is 1. The molecule has 2 aromatic rings. The van der Waals surface area contributed by atoms with Crippen LogP contribution in [0.15, 0.2) is 30.5 Å². The second kappa shape index (κ2) is 7.77. The molecule has 27 heavy (non-hydrogen) atoms. The molecular formula is C19H18F3N3O2. The Morgan fingerprint density at radius 1 is 1.11 bits per heavy atom. The van der Waals surface area contributed by atoms with Gasteiger partial charge in [-0.3, -0.25) is 14.6 Å². The topological polar surface area (TPSA) is 62.3 Å². The molecule has 1 aromatic carbocycles. The summed E-state index contributed by atoms with van der Waals surface area (Å²) in [5.41, 5.74) is -0.353. The van der Waals surface area contributed by atoms with Gasteiger partial charge >= 0.3 is 0 Å². The molecule has 2 amide bonds. The van der Waals surface area contributed by atoms with Crippen molar-refractivity contribution in [3.05, 3.63) is 59.2 Å². The molecule has 1 aliphatic rings. The number of nitrogens with zero attached hydrogens (tertiary/aromatic N) is 2. The number of carbonyl (C=O) groups is 2. The third kappa shape index (κ3) is 4.10. The first-order valence-electron chi connectivity index (χ1n) is 8.57. The number of anilines is 1. The average Bonchev–Trinajstić information content (AvgIpc) is 2.68. The maximum absolute atomic E-state index is 13.7. The molecule has 0 aliphatic carbocycles. The molecule has 142 valence electrons. The van der Waals surface area contributed by atoms with Gasteiger partial charge in [0.1, 0.15) is 5.69 Å². The summed E-state index contributed by atoms with van der Waals surface area (Å²) >= 11 is 0. The minimum absolute atomic E-state index is 0.129. The van der Waals surface area contributed by atoms with E-state index in [1.165, 1.54) is 18.3 Å². The second-order valence-corrected chi connectivity index (χ2v) is 6.58. The van der Waals surface area contributed by atoms with E-state index < -0.39 is 29.0 Å². The monoisotopic (exact) mass is 377 g/mol. The molecule has 1 aromatic heterocycles. The lowest BCUT2D eigenvalue weighted by Gasteiger charge is -2.30. The lowest BCUT2D eigenvalue weighted by atomic mass is 9.98. The van der Waals surface area contributed by atoms with Crippen LogP contribution in [0.5, 0.6) is 0 Å². The van der Waals surface area contributed by atoms with Gasteiger partial charge in [0.2, 0.25) is 0 Å². The number of nitrogens with one attached hydrogen (secondary N) is 1. The predicted molar refractivity (Wildman–Crippen MR) is 92.8 cm³/mol. The van der Waals surface area contributed by atoms with E-state index >= 15 is 0 Å². The maximum Gasteiger partial charge on any atom is 0.274 e. The molecule has 0 spiro atoms. The quantitative estimate of drug-likeness (QED) is 0.831. The lowest BCUT2D eigenvalue weighted by molar-refractivity contribution is 0.0697. The summed E-state index contributed by atoms with van der Waals surface area (Å²) in [7, 11) is 0. The fourth-order valence-corrected chi connectivity index (χ4v) is 2.89. The van der Waals surface area contributed by atoms with E-state index in [1.807, 2.05) is 0 Å². The van der Waals surface area contributed by atoms with Gasteiger partial charge in [0.15, 0.2) is 17.5 Å². The Morgan fingerprint density at radius 3 is 2.52 bits per heavy atom. The molecule has 0 saturated carbocycles. The predicted octanol–water partition coefficient (Wildman–Crippen LogP) is 3.62. The molecule has 3 rings (SSSR count). The molecule has 0 radical (unpaired) electrons. The number of rotatable bonds is 3. The van der Waals surface area contributed by atoms with E-state index in [4.69, 9.17) is 0 Å². The van der Waals surface area contributed by atoms with E-state index in [1.54, 1.807) is 4.90 Å². The van der Waals surface area contributed by atoms with E-state index in [9.17, 15) is 22.8 Å². The number of hydrogen-bond donors (Lipinski definition) is 1. The van der Waals surface area contributed by atoms with Crippen LogP contribution in [0.4, 0.5) is 18.9 Å². The molecule has 5 nitrogen and oxygen atoms in total. The largest absolute Gasteiger partial charge is 0.339 e. The van der Waals surface area contributed by atoms with Crippen LogP contribution in [0, 0.1) is 23.4 Å². The van der Waals surface area contributed by atoms with Crippen molar-refractivity contribution in [1.82, 2.24) is 9.88 Å². The molecule has 8 heteroatoms. The van der Waals surface area contributed by atoms with Crippen molar-refractivity contribution in [2.45, 2.75) is 19.8 Å². The Kier molecular flexibility index (Phi) is 5.43. The van der Waals surface area contributed by atoms with Gasteiger partial charge in [0.25, 0.3) is 11.8 Å². The number of likely N-dealkylation sites (tertiary alicyclic amines) is 1. The Bertz CT molecular complexity index is 880. The van der Waals surface area contributed by atoms with Crippen LogP contribution in [0.2, 0.25) is 0 Å². The van der Waals surface area contributed by atoms with Gasteiger partial charge in [0.05, 0.1) is 5.69 Å². The van der Waals surface area contributed by atoms with Crippen LogP contribution >= 0.6 is 0 Å². The first-order valence-corrected chi connectivity index (χ1v) is 8.57. The van der Waals surface area contributed by atoms with Crippen LogP contribution in [0.1, 0.15) is 40.6 Å². The summed E-state index contributed by atoms with van der Waals surface area (Å²) in [5.74, 6) is -5.01. The summed E-state index contributed by atoms with van der Waals surface area (Å²) in [6.07, 6.45) is 3.13. The van der Waals surface area contributed by atoms with Crippen LogP contribution < -0.4 is 5.32 Å². The van der Waals surface area contributed by atoms with E-state index in [0.717, 1.165) is 18.9 Å². The molecule has 1 saturated heterocycles. The van der Waals surface area contributed by atoms with Crippen molar-refractivity contribution in [2.75, 3.05) is 18.4 Å². The zero-order chi connectivity index (χ0) is 19.6. The SMILES string of the molecule is CC1CCN(C(=O)c2ccnc(C(=O)Nc3ccc(F)c(F)c3F)c2)CC1. The first kappa shape index (κ1) is 18.9. The highest BCUT2D eigenvalue weighted by atomic mass is 19.2. The highest BCUT2D eigenvalue weighted by Gasteiger charge is 2.23. The number of aromatic nitrogens is 1. The van der Waals surface area contributed by atoms with Crippen molar-refractivity contribution in [1.29, 1.82) is 0 Å². The highest BCUT2D eigenvalue weighted by Crippen LogP contribution is 2.21. The van der Waals surface area contributed by atoms with Crippen molar-refractivity contribution >= 4 is 17.5 Å².